The molecule has 3 amide bonds. The summed E-state index contributed by atoms with van der Waals surface area (Å²) in [7, 11) is 0. The number of hydrogen-bond acceptors (Lipinski definition) is 5. The minimum absolute atomic E-state index is 0.0967. The van der Waals surface area contributed by atoms with E-state index in [2.05, 4.69) is 10.6 Å². The maximum Gasteiger partial charge on any atom is 0.344 e. The summed E-state index contributed by atoms with van der Waals surface area (Å²) < 4.78 is 10.3. The van der Waals surface area contributed by atoms with Gasteiger partial charge in [-0.25, -0.2) is 9.59 Å². The Balaban J connectivity index is 1.36. The van der Waals surface area contributed by atoms with Gasteiger partial charge in [0.15, 0.2) is 13.2 Å². The van der Waals surface area contributed by atoms with Crippen molar-refractivity contribution in [2.45, 2.75) is 38.1 Å². The molecule has 0 spiro atoms. The average molecular weight is 384 g/mol. The van der Waals surface area contributed by atoms with Gasteiger partial charge in [0.2, 0.25) is 0 Å². The van der Waals surface area contributed by atoms with Gasteiger partial charge in [-0.1, -0.05) is 49.6 Å². The molecule has 148 valence electrons. The van der Waals surface area contributed by atoms with Crippen LogP contribution in [0.1, 0.15) is 32.1 Å². The smallest absolute Gasteiger partial charge is 0.344 e. The standard InChI is InChI=1S/C21H24N2O5/c24-19(23-21(26)22-17-8-2-1-3-9-17)13-28-20(25)14-27-18-11-10-15-6-4-5-7-16(15)12-18/h4-7,10-12,17H,1-3,8-9,13-14H2,(H2,22,23,24,26). The number of benzene rings is 2. The third-order valence-electron chi connectivity index (χ3n) is 4.64. The van der Waals surface area contributed by atoms with Gasteiger partial charge in [-0.05, 0) is 35.7 Å². The van der Waals surface area contributed by atoms with Crippen LogP contribution >= 0.6 is 0 Å². The molecule has 0 bridgehead atoms. The molecule has 0 saturated heterocycles. The Hall–Kier alpha value is -3.09. The van der Waals surface area contributed by atoms with Crippen LogP contribution in [0.25, 0.3) is 10.8 Å². The van der Waals surface area contributed by atoms with Crippen LogP contribution in [0, 0.1) is 0 Å². The second-order valence-corrected chi connectivity index (χ2v) is 6.81. The molecule has 0 radical (unpaired) electrons. The second kappa shape index (κ2) is 9.73. The Morgan fingerprint density at radius 2 is 1.68 bits per heavy atom. The lowest BCUT2D eigenvalue weighted by molar-refractivity contribution is -0.150. The van der Waals surface area contributed by atoms with Gasteiger partial charge in [0.1, 0.15) is 5.75 Å². The van der Waals surface area contributed by atoms with Gasteiger partial charge < -0.3 is 14.8 Å². The Kier molecular flexibility index (Phi) is 6.84. The average Bonchev–Trinajstić information content (AvgIpc) is 2.71. The van der Waals surface area contributed by atoms with E-state index in [1.807, 2.05) is 36.4 Å². The lowest BCUT2D eigenvalue weighted by Crippen LogP contribution is -2.46. The number of nitrogens with one attached hydrogen (secondary N) is 2. The van der Waals surface area contributed by atoms with E-state index in [1.165, 1.54) is 6.42 Å². The summed E-state index contributed by atoms with van der Waals surface area (Å²) in [5, 5.41) is 7.00. The fourth-order valence-corrected chi connectivity index (χ4v) is 3.22. The first kappa shape index (κ1) is 19.7. The molecule has 0 aromatic heterocycles. The molecule has 2 aromatic carbocycles. The first-order valence-electron chi connectivity index (χ1n) is 9.48. The van der Waals surface area contributed by atoms with Crippen LogP contribution in [-0.4, -0.2) is 37.2 Å². The molecule has 1 aliphatic carbocycles. The molecule has 7 nitrogen and oxygen atoms in total. The van der Waals surface area contributed by atoms with Gasteiger partial charge in [0.25, 0.3) is 5.91 Å². The van der Waals surface area contributed by atoms with Gasteiger partial charge in [-0.3, -0.25) is 10.1 Å². The molecule has 1 fully saturated rings. The highest BCUT2D eigenvalue weighted by Crippen LogP contribution is 2.20. The SMILES string of the molecule is O=C(COC(=O)COc1ccc2ccccc2c1)NC(=O)NC1CCCCC1. The Labute approximate surface area is 163 Å². The minimum Gasteiger partial charge on any atom is -0.482 e. The predicted molar refractivity (Wildman–Crippen MR) is 104 cm³/mol. The summed E-state index contributed by atoms with van der Waals surface area (Å²) in [6.07, 6.45) is 5.17. The van der Waals surface area contributed by atoms with Gasteiger partial charge in [-0.2, -0.15) is 0 Å². The summed E-state index contributed by atoms with van der Waals surface area (Å²) >= 11 is 0. The largest absolute Gasteiger partial charge is 0.482 e. The number of rotatable bonds is 6. The van der Waals surface area contributed by atoms with Crippen LogP contribution in [0.2, 0.25) is 0 Å². The molecule has 0 atom stereocenters. The number of ether oxygens (including phenoxy) is 2. The first-order valence-corrected chi connectivity index (χ1v) is 9.48. The normalized spacial score (nSPS) is 14.3. The van der Waals surface area contributed by atoms with Crippen molar-refractivity contribution in [2.24, 2.45) is 0 Å². The molecule has 1 aliphatic rings. The molecule has 28 heavy (non-hydrogen) atoms. The number of fused-ring (bicyclic) bond motifs is 1. The summed E-state index contributed by atoms with van der Waals surface area (Å²) in [6.45, 7) is -0.849. The fourth-order valence-electron chi connectivity index (χ4n) is 3.22. The summed E-state index contributed by atoms with van der Waals surface area (Å²) in [6, 6.07) is 12.8. The monoisotopic (exact) mass is 384 g/mol. The highest BCUT2D eigenvalue weighted by Gasteiger charge is 2.17. The zero-order chi connectivity index (χ0) is 19.8. The van der Waals surface area contributed by atoms with Crippen LogP contribution in [0.3, 0.4) is 0 Å². The summed E-state index contributed by atoms with van der Waals surface area (Å²) in [4.78, 5) is 35.3. The summed E-state index contributed by atoms with van der Waals surface area (Å²) in [5.74, 6) is -0.824. The molecule has 0 heterocycles. The van der Waals surface area contributed by atoms with Crippen LogP contribution < -0.4 is 15.4 Å². The van der Waals surface area contributed by atoms with E-state index < -0.39 is 24.5 Å². The number of imide groups is 1. The van der Waals surface area contributed by atoms with E-state index in [0.717, 1.165) is 36.5 Å². The minimum atomic E-state index is -0.684. The first-order chi connectivity index (χ1) is 13.6. The Morgan fingerprint density at radius 3 is 2.46 bits per heavy atom. The van der Waals surface area contributed by atoms with Crippen molar-refractivity contribution < 1.29 is 23.9 Å². The molecule has 0 unspecified atom stereocenters. The maximum absolute atomic E-state index is 11.8. The van der Waals surface area contributed by atoms with Crippen molar-refractivity contribution in [3.63, 3.8) is 0 Å². The second-order valence-electron chi connectivity index (χ2n) is 6.81. The molecular formula is C21H24N2O5. The predicted octanol–water partition coefficient (Wildman–Crippen LogP) is 2.92. The highest BCUT2D eigenvalue weighted by molar-refractivity contribution is 5.95. The topological polar surface area (TPSA) is 93.7 Å². The van der Waals surface area contributed by atoms with E-state index in [1.54, 1.807) is 6.07 Å². The van der Waals surface area contributed by atoms with Gasteiger partial charge in [-0.15, -0.1) is 0 Å². The third-order valence-corrected chi connectivity index (χ3v) is 4.64. The molecule has 0 aliphatic heterocycles. The third kappa shape index (κ3) is 5.97. The summed E-state index contributed by atoms with van der Waals surface area (Å²) in [5.41, 5.74) is 0. The molecule has 1 saturated carbocycles. The zero-order valence-electron chi connectivity index (χ0n) is 15.6. The van der Waals surface area contributed by atoms with Gasteiger partial charge in [0, 0.05) is 6.04 Å². The molecule has 2 aromatic rings. The van der Waals surface area contributed by atoms with E-state index in [4.69, 9.17) is 9.47 Å². The van der Waals surface area contributed by atoms with Crippen molar-refractivity contribution >= 4 is 28.7 Å². The maximum atomic E-state index is 11.8. The van der Waals surface area contributed by atoms with Crippen molar-refractivity contribution in [1.82, 2.24) is 10.6 Å². The van der Waals surface area contributed by atoms with Crippen molar-refractivity contribution in [3.8, 4) is 5.75 Å². The molecule has 2 N–H and O–H groups in total. The van der Waals surface area contributed by atoms with E-state index >= 15 is 0 Å². The van der Waals surface area contributed by atoms with Gasteiger partial charge in [0.05, 0.1) is 0 Å². The number of hydrogen-bond donors (Lipinski definition) is 2. The highest BCUT2D eigenvalue weighted by atomic mass is 16.6. The van der Waals surface area contributed by atoms with Crippen molar-refractivity contribution in [1.29, 1.82) is 0 Å². The van der Waals surface area contributed by atoms with Crippen LogP contribution in [-0.2, 0) is 14.3 Å². The van der Waals surface area contributed by atoms with Crippen molar-refractivity contribution in [2.75, 3.05) is 13.2 Å². The lowest BCUT2D eigenvalue weighted by atomic mass is 9.96. The molecule has 7 heteroatoms. The quantitative estimate of drug-likeness (QED) is 0.747. The molecular weight excluding hydrogens is 360 g/mol. The van der Waals surface area contributed by atoms with E-state index in [9.17, 15) is 14.4 Å². The Morgan fingerprint density at radius 1 is 0.929 bits per heavy atom. The van der Waals surface area contributed by atoms with E-state index in [0.29, 0.717) is 5.75 Å². The van der Waals surface area contributed by atoms with Gasteiger partial charge >= 0.3 is 12.0 Å². The lowest BCUT2D eigenvalue weighted by Gasteiger charge is -2.22. The molecule has 3 rings (SSSR count). The van der Waals surface area contributed by atoms with Crippen LogP contribution in [0.5, 0.6) is 5.75 Å². The number of carbonyl (C=O) groups excluding carboxylic acids is 3. The zero-order valence-corrected chi connectivity index (χ0v) is 15.6. The number of esters is 1. The van der Waals surface area contributed by atoms with Crippen LogP contribution in [0.4, 0.5) is 4.79 Å². The number of carbonyl (C=O) groups is 3. The number of urea groups is 1. The van der Waals surface area contributed by atoms with Crippen molar-refractivity contribution in [3.05, 3.63) is 42.5 Å². The number of amides is 3. The van der Waals surface area contributed by atoms with Crippen LogP contribution in [0.15, 0.2) is 42.5 Å². The Bertz CT molecular complexity index is 846. The van der Waals surface area contributed by atoms with E-state index in [-0.39, 0.29) is 12.6 Å². The fraction of sp³-hybridized carbons (Fsp3) is 0.381.